The lowest BCUT2D eigenvalue weighted by molar-refractivity contribution is -0.930. The molecule has 1 aliphatic heterocycles. The number of hydrogen-bond acceptors (Lipinski definition) is 3. The Kier molecular flexibility index (Phi) is 5.07. The molecule has 3 aromatic rings. The predicted molar refractivity (Wildman–Crippen MR) is 104 cm³/mol. The van der Waals surface area contributed by atoms with Crippen molar-refractivity contribution in [3.8, 4) is 5.75 Å². The molecule has 0 amide bonds. The van der Waals surface area contributed by atoms with Crippen molar-refractivity contribution >= 4 is 0 Å². The van der Waals surface area contributed by atoms with Gasteiger partial charge in [0, 0.05) is 18.1 Å². The summed E-state index contributed by atoms with van der Waals surface area (Å²) in [4.78, 5) is 13.8. The van der Waals surface area contributed by atoms with Crippen LogP contribution < -0.4 is 15.1 Å². The minimum atomic E-state index is -0.123. The SMILES string of the molecule is Cc1ccccc1COc1coc(C[NH+]2CCc3ccccc3C2)cc1=O. The van der Waals surface area contributed by atoms with E-state index in [2.05, 4.69) is 24.3 Å². The predicted octanol–water partition coefficient (Wildman–Crippen LogP) is 2.67. The summed E-state index contributed by atoms with van der Waals surface area (Å²) in [5.41, 5.74) is 4.91. The number of aryl methyl sites for hydroxylation is 1. The van der Waals surface area contributed by atoms with Crippen LogP contribution in [0.15, 0.2) is 70.1 Å². The van der Waals surface area contributed by atoms with E-state index in [4.69, 9.17) is 9.15 Å². The third-order valence-electron chi connectivity index (χ3n) is 5.23. The fourth-order valence-electron chi connectivity index (χ4n) is 3.60. The molecule has 2 heterocycles. The van der Waals surface area contributed by atoms with Gasteiger partial charge in [-0.15, -0.1) is 0 Å². The van der Waals surface area contributed by atoms with E-state index in [0.717, 1.165) is 30.6 Å². The quantitative estimate of drug-likeness (QED) is 0.759. The van der Waals surface area contributed by atoms with Crippen molar-refractivity contribution in [2.24, 2.45) is 0 Å². The molecule has 4 heteroatoms. The van der Waals surface area contributed by atoms with E-state index in [9.17, 15) is 4.79 Å². The van der Waals surface area contributed by atoms with Gasteiger partial charge in [0.05, 0.1) is 6.54 Å². The lowest BCUT2D eigenvalue weighted by Gasteiger charge is -2.25. The van der Waals surface area contributed by atoms with Gasteiger partial charge in [-0.05, 0) is 23.6 Å². The van der Waals surface area contributed by atoms with Crippen LogP contribution in [0.25, 0.3) is 0 Å². The number of rotatable bonds is 5. The molecule has 0 saturated heterocycles. The third-order valence-corrected chi connectivity index (χ3v) is 5.23. The smallest absolute Gasteiger partial charge is 0.227 e. The van der Waals surface area contributed by atoms with E-state index in [0.29, 0.717) is 18.9 Å². The number of hydrogen-bond donors (Lipinski definition) is 1. The van der Waals surface area contributed by atoms with Gasteiger partial charge in [0.1, 0.15) is 26.0 Å². The maximum absolute atomic E-state index is 12.4. The average Bonchev–Trinajstić information content (AvgIpc) is 2.68. The fourth-order valence-corrected chi connectivity index (χ4v) is 3.60. The molecule has 4 nitrogen and oxygen atoms in total. The van der Waals surface area contributed by atoms with Crippen molar-refractivity contribution in [1.29, 1.82) is 0 Å². The zero-order chi connectivity index (χ0) is 18.6. The Bertz CT molecular complexity index is 993. The monoisotopic (exact) mass is 362 g/mol. The van der Waals surface area contributed by atoms with E-state index < -0.39 is 0 Å². The maximum Gasteiger partial charge on any atom is 0.227 e. The molecular weight excluding hydrogens is 338 g/mol. The Morgan fingerprint density at radius 3 is 2.67 bits per heavy atom. The summed E-state index contributed by atoms with van der Waals surface area (Å²) < 4.78 is 11.4. The van der Waals surface area contributed by atoms with Crippen LogP contribution in [-0.2, 0) is 26.1 Å². The first kappa shape index (κ1) is 17.6. The second-order valence-corrected chi connectivity index (χ2v) is 7.16. The normalized spacial score (nSPS) is 16.0. The summed E-state index contributed by atoms with van der Waals surface area (Å²) in [5.74, 6) is 0.971. The van der Waals surface area contributed by atoms with Crippen LogP contribution in [0.5, 0.6) is 5.75 Å². The lowest BCUT2D eigenvalue weighted by Crippen LogP contribution is -3.10. The van der Waals surface area contributed by atoms with Gasteiger partial charge in [0.15, 0.2) is 5.76 Å². The first-order chi connectivity index (χ1) is 13.2. The van der Waals surface area contributed by atoms with Gasteiger partial charge >= 0.3 is 0 Å². The zero-order valence-electron chi connectivity index (χ0n) is 15.5. The van der Waals surface area contributed by atoms with Gasteiger partial charge in [-0.1, -0.05) is 48.5 Å². The molecule has 0 aliphatic carbocycles. The summed E-state index contributed by atoms with van der Waals surface area (Å²) in [6.45, 7) is 5.12. The Morgan fingerprint density at radius 1 is 1.07 bits per heavy atom. The molecule has 138 valence electrons. The number of fused-ring (bicyclic) bond motifs is 1. The molecule has 1 aliphatic rings. The van der Waals surface area contributed by atoms with Gasteiger partial charge < -0.3 is 14.1 Å². The molecule has 0 bridgehead atoms. The van der Waals surface area contributed by atoms with Crippen molar-refractivity contribution in [1.82, 2.24) is 0 Å². The molecule has 1 aromatic heterocycles. The highest BCUT2D eigenvalue weighted by Gasteiger charge is 2.20. The highest BCUT2D eigenvalue weighted by atomic mass is 16.5. The molecule has 1 atom stereocenters. The molecule has 0 fully saturated rings. The van der Waals surface area contributed by atoms with Crippen LogP contribution in [0.4, 0.5) is 0 Å². The molecule has 27 heavy (non-hydrogen) atoms. The van der Waals surface area contributed by atoms with Gasteiger partial charge in [0.2, 0.25) is 11.2 Å². The third kappa shape index (κ3) is 4.12. The van der Waals surface area contributed by atoms with Crippen molar-refractivity contribution in [3.05, 3.63) is 99.1 Å². The van der Waals surface area contributed by atoms with Crippen molar-refractivity contribution < 1.29 is 14.1 Å². The summed E-state index contributed by atoms with van der Waals surface area (Å²) in [6.07, 6.45) is 2.51. The van der Waals surface area contributed by atoms with Crippen LogP contribution >= 0.6 is 0 Å². The van der Waals surface area contributed by atoms with Gasteiger partial charge in [-0.2, -0.15) is 0 Å². The first-order valence-corrected chi connectivity index (χ1v) is 9.38. The summed E-state index contributed by atoms with van der Waals surface area (Å²) in [5, 5.41) is 0. The van der Waals surface area contributed by atoms with Crippen molar-refractivity contribution in [3.63, 3.8) is 0 Å². The average molecular weight is 362 g/mol. The highest BCUT2D eigenvalue weighted by Crippen LogP contribution is 2.13. The number of quaternary nitrogens is 1. The molecule has 1 N–H and O–H groups in total. The van der Waals surface area contributed by atoms with Crippen molar-refractivity contribution in [2.45, 2.75) is 33.0 Å². The minimum Gasteiger partial charge on any atom is -0.482 e. The number of nitrogens with one attached hydrogen (secondary N) is 1. The standard InChI is InChI=1S/C23H23NO3/c1-17-6-2-3-9-20(17)15-27-23-16-26-21(12-22(23)25)14-24-11-10-18-7-4-5-8-19(18)13-24/h2-9,12,16H,10-11,13-15H2,1H3/p+1. The Hall–Kier alpha value is -2.85. The van der Waals surface area contributed by atoms with Crippen LogP contribution in [0, 0.1) is 6.92 Å². The fraction of sp³-hybridized carbons (Fsp3) is 0.261. The molecule has 4 rings (SSSR count). The number of benzene rings is 2. The Labute approximate surface area is 159 Å². The van der Waals surface area contributed by atoms with E-state index >= 15 is 0 Å². The largest absolute Gasteiger partial charge is 0.482 e. The lowest BCUT2D eigenvalue weighted by atomic mass is 10.00. The molecular formula is C23H24NO3+. The van der Waals surface area contributed by atoms with Gasteiger partial charge in [-0.25, -0.2) is 0 Å². The van der Waals surface area contributed by atoms with E-state index in [1.807, 2.05) is 31.2 Å². The van der Waals surface area contributed by atoms with Gasteiger partial charge in [0.25, 0.3) is 0 Å². The summed E-state index contributed by atoms with van der Waals surface area (Å²) in [6, 6.07) is 18.1. The Balaban J connectivity index is 1.40. The van der Waals surface area contributed by atoms with E-state index in [1.165, 1.54) is 22.3 Å². The highest BCUT2D eigenvalue weighted by molar-refractivity contribution is 5.28. The van der Waals surface area contributed by atoms with Gasteiger partial charge in [-0.3, -0.25) is 4.79 Å². The number of ether oxygens (including phenoxy) is 1. The minimum absolute atomic E-state index is 0.123. The Morgan fingerprint density at radius 2 is 1.85 bits per heavy atom. The van der Waals surface area contributed by atoms with Crippen LogP contribution in [-0.4, -0.2) is 6.54 Å². The van der Waals surface area contributed by atoms with Crippen LogP contribution in [0.3, 0.4) is 0 Å². The van der Waals surface area contributed by atoms with Crippen molar-refractivity contribution in [2.75, 3.05) is 6.54 Å². The second-order valence-electron chi connectivity index (χ2n) is 7.16. The van der Waals surface area contributed by atoms with E-state index in [1.54, 1.807) is 6.07 Å². The maximum atomic E-state index is 12.4. The van der Waals surface area contributed by atoms with E-state index in [-0.39, 0.29) is 11.2 Å². The molecule has 0 saturated carbocycles. The summed E-state index contributed by atoms with van der Waals surface area (Å²) >= 11 is 0. The molecule has 2 aromatic carbocycles. The second kappa shape index (κ2) is 7.80. The molecule has 0 spiro atoms. The van der Waals surface area contributed by atoms with Crippen LogP contribution in [0.1, 0.15) is 28.0 Å². The van der Waals surface area contributed by atoms with Crippen LogP contribution in [0.2, 0.25) is 0 Å². The zero-order valence-corrected chi connectivity index (χ0v) is 15.5. The first-order valence-electron chi connectivity index (χ1n) is 9.38. The molecule has 1 unspecified atom stereocenters. The summed E-state index contributed by atoms with van der Waals surface area (Å²) in [7, 11) is 0. The topological polar surface area (TPSA) is 43.9 Å². The molecule has 0 radical (unpaired) electrons.